The lowest BCUT2D eigenvalue weighted by molar-refractivity contribution is 0.0950. The Bertz CT molecular complexity index is 609. The molecule has 2 N–H and O–H groups in total. The van der Waals surface area contributed by atoms with E-state index in [4.69, 9.17) is 11.6 Å². The first-order chi connectivity index (χ1) is 11.2. The van der Waals surface area contributed by atoms with E-state index in [2.05, 4.69) is 5.32 Å². The van der Waals surface area contributed by atoms with Crippen molar-refractivity contribution >= 4 is 29.3 Å². The summed E-state index contributed by atoms with van der Waals surface area (Å²) in [5, 5.41) is 14.5. The summed E-state index contributed by atoms with van der Waals surface area (Å²) >= 11 is 6.24. The standard InChI is InChI=1S/C18H23ClN2O2/c19-15-8-9-16-14(7-4-12-21(16)23)17(15)18(22)20-11-10-13-5-2-1-3-6-13/h4,7-9,13,23H,1-3,5-6,10-12H2,(H,20,22). The van der Waals surface area contributed by atoms with Crippen molar-refractivity contribution in [2.24, 2.45) is 5.92 Å². The van der Waals surface area contributed by atoms with Gasteiger partial charge in [0.25, 0.3) is 5.91 Å². The van der Waals surface area contributed by atoms with Gasteiger partial charge in [0, 0.05) is 12.1 Å². The summed E-state index contributed by atoms with van der Waals surface area (Å²) in [6.45, 7) is 1.09. The van der Waals surface area contributed by atoms with Gasteiger partial charge in [0.2, 0.25) is 0 Å². The molecule has 1 saturated carbocycles. The third kappa shape index (κ3) is 3.70. The van der Waals surface area contributed by atoms with E-state index in [0.29, 0.717) is 34.9 Å². The molecule has 1 aromatic rings. The van der Waals surface area contributed by atoms with Gasteiger partial charge < -0.3 is 5.32 Å². The average molecular weight is 335 g/mol. The monoisotopic (exact) mass is 334 g/mol. The van der Waals surface area contributed by atoms with Crippen molar-refractivity contribution in [1.29, 1.82) is 0 Å². The summed E-state index contributed by atoms with van der Waals surface area (Å²) in [5.74, 6) is 0.569. The summed E-state index contributed by atoms with van der Waals surface area (Å²) in [5.41, 5.74) is 1.75. The zero-order valence-corrected chi connectivity index (χ0v) is 14.0. The van der Waals surface area contributed by atoms with Crippen LogP contribution in [0.25, 0.3) is 6.08 Å². The van der Waals surface area contributed by atoms with Crippen molar-refractivity contribution in [3.05, 3.63) is 34.4 Å². The molecule has 3 rings (SSSR count). The van der Waals surface area contributed by atoms with E-state index in [1.165, 1.54) is 32.1 Å². The van der Waals surface area contributed by atoms with Gasteiger partial charge in [-0.3, -0.25) is 15.1 Å². The van der Waals surface area contributed by atoms with E-state index in [9.17, 15) is 10.0 Å². The molecule has 0 spiro atoms. The first-order valence-corrected chi connectivity index (χ1v) is 8.78. The summed E-state index contributed by atoms with van der Waals surface area (Å²) in [4.78, 5) is 12.6. The maximum atomic E-state index is 12.6. The van der Waals surface area contributed by atoms with Crippen LogP contribution in [0.1, 0.15) is 54.4 Å². The zero-order chi connectivity index (χ0) is 16.2. The van der Waals surface area contributed by atoms with Crippen molar-refractivity contribution in [2.75, 3.05) is 18.2 Å². The largest absolute Gasteiger partial charge is 0.352 e. The molecule has 1 aliphatic carbocycles. The quantitative estimate of drug-likeness (QED) is 0.864. The molecule has 1 heterocycles. The summed E-state index contributed by atoms with van der Waals surface area (Å²) in [6.07, 6.45) is 11.2. The fourth-order valence-corrected chi connectivity index (χ4v) is 3.78. The number of hydroxylamine groups is 1. The Morgan fingerprint density at radius 2 is 2.09 bits per heavy atom. The Kier molecular flexibility index (Phi) is 5.23. The molecule has 0 aromatic heterocycles. The van der Waals surface area contributed by atoms with Gasteiger partial charge in [-0.1, -0.05) is 55.9 Å². The number of amides is 1. The highest BCUT2D eigenvalue weighted by Crippen LogP contribution is 2.32. The van der Waals surface area contributed by atoms with E-state index in [1.54, 1.807) is 12.1 Å². The number of rotatable bonds is 4. The van der Waals surface area contributed by atoms with Gasteiger partial charge in [-0.25, -0.2) is 0 Å². The molecule has 5 heteroatoms. The van der Waals surface area contributed by atoms with Crippen LogP contribution in [0, 0.1) is 5.92 Å². The van der Waals surface area contributed by atoms with E-state index in [-0.39, 0.29) is 5.91 Å². The number of hydrogen-bond donors (Lipinski definition) is 2. The zero-order valence-electron chi connectivity index (χ0n) is 13.2. The number of hydrogen-bond acceptors (Lipinski definition) is 3. The van der Waals surface area contributed by atoms with Gasteiger partial charge >= 0.3 is 0 Å². The summed E-state index contributed by atoms with van der Waals surface area (Å²) < 4.78 is 0. The Balaban J connectivity index is 1.67. The number of carbonyl (C=O) groups is 1. The highest BCUT2D eigenvalue weighted by atomic mass is 35.5. The van der Waals surface area contributed by atoms with Gasteiger partial charge in [0.05, 0.1) is 22.8 Å². The molecular weight excluding hydrogens is 312 g/mol. The van der Waals surface area contributed by atoms with Gasteiger partial charge in [0.15, 0.2) is 0 Å². The van der Waals surface area contributed by atoms with Crippen LogP contribution in [0.3, 0.4) is 0 Å². The fourth-order valence-electron chi connectivity index (χ4n) is 3.53. The van der Waals surface area contributed by atoms with Crippen molar-refractivity contribution in [3.8, 4) is 0 Å². The molecular formula is C18H23ClN2O2. The molecule has 0 unspecified atom stereocenters. The number of fused-ring (bicyclic) bond motifs is 1. The third-order valence-electron chi connectivity index (χ3n) is 4.80. The first-order valence-electron chi connectivity index (χ1n) is 8.40. The Labute approximate surface area is 142 Å². The maximum Gasteiger partial charge on any atom is 0.253 e. The molecule has 23 heavy (non-hydrogen) atoms. The van der Waals surface area contributed by atoms with Crippen LogP contribution in [0.4, 0.5) is 5.69 Å². The molecule has 124 valence electrons. The highest BCUT2D eigenvalue weighted by Gasteiger charge is 2.22. The lowest BCUT2D eigenvalue weighted by Crippen LogP contribution is -2.29. The average Bonchev–Trinajstić information content (AvgIpc) is 2.55. The van der Waals surface area contributed by atoms with E-state index in [0.717, 1.165) is 17.4 Å². The molecule has 1 amide bonds. The minimum Gasteiger partial charge on any atom is -0.352 e. The van der Waals surface area contributed by atoms with Crippen LogP contribution in [0.5, 0.6) is 0 Å². The highest BCUT2D eigenvalue weighted by molar-refractivity contribution is 6.34. The van der Waals surface area contributed by atoms with E-state index < -0.39 is 0 Å². The number of benzene rings is 1. The molecule has 1 aromatic carbocycles. The number of carbonyl (C=O) groups excluding carboxylic acids is 1. The van der Waals surface area contributed by atoms with E-state index in [1.807, 2.05) is 12.2 Å². The third-order valence-corrected chi connectivity index (χ3v) is 5.12. The number of anilines is 1. The van der Waals surface area contributed by atoms with Crippen LogP contribution < -0.4 is 10.4 Å². The van der Waals surface area contributed by atoms with Crippen LogP contribution >= 0.6 is 11.6 Å². The normalized spacial score (nSPS) is 17.9. The molecule has 1 aliphatic heterocycles. The Morgan fingerprint density at radius 3 is 2.87 bits per heavy atom. The second kappa shape index (κ2) is 7.37. The van der Waals surface area contributed by atoms with Gasteiger partial charge in [-0.2, -0.15) is 0 Å². The maximum absolute atomic E-state index is 12.6. The minimum atomic E-state index is -0.164. The Morgan fingerprint density at radius 1 is 1.30 bits per heavy atom. The second-order valence-electron chi connectivity index (χ2n) is 6.39. The second-order valence-corrected chi connectivity index (χ2v) is 6.80. The van der Waals surface area contributed by atoms with Crippen molar-refractivity contribution in [1.82, 2.24) is 5.32 Å². The predicted molar refractivity (Wildman–Crippen MR) is 93.1 cm³/mol. The van der Waals surface area contributed by atoms with Crippen LogP contribution in [-0.4, -0.2) is 24.2 Å². The lowest BCUT2D eigenvalue weighted by atomic mass is 9.87. The SMILES string of the molecule is O=C(NCCC1CCCCC1)c1c(Cl)ccc2c1C=CCN2O. The molecule has 4 nitrogen and oxygen atoms in total. The molecule has 0 atom stereocenters. The summed E-state index contributed by atoms with van der Waals surface area (Å²) in [6, 6.07) is 3.40. The minimum absolute atomic E-state index is 0.164. The number of nitrogens with zero attached hydrogens (tertiary/aromatic N) is 1. The molecule has 1 fully saturated rings. The number of halogens is 1. The topological polar surface area (TPSA) is 52.6 Å². The lowest BCUT2D eigenvalue weighted by Gasteiger charge is -2.24. The van der Waals surface area contributed by atoms with Crippen LogP contribution in [0.15, 0.2) is 18.2 Å². The molecule has 0 bridgehead atoms. The molecule has 0 radical (unpaired) electrons. The van der Waals surface area contributed by atoms with Gasteiger partial charge in [-0.15, -0.1) is 0 Å². The Hall–Kier alpha value is -1.52. The predicted octanol–water partition coefficient (Wildman–Crippen LogP) is 4.26. The first kappa shape index (κ1) is 16.3. The molecule has 2 aliphatic rings. The summed E-state index contributed by atoms with van der Waals surface area (Å²) in [7, 11) is 0. The van der Waals surface area contributed by atoms with Crippen molar-refractivity contribution in [2.45, 2.75) is 38.5 Å². The van der Waals surface area contributed by atoms with E-state index >= 15 is 0 Å². The fraction of sp³-hybridized carbons (Fsp3) is 0.500. The van der Waals surface area contributed by atoms with Crippen molar-refractivity contribution in [3.63, 3.8) is 0 Å². The van der Waals surface area contributed by atoms with Crippen LogP contribution in [0.2, 0.25) is 5.02 Å². The van der Waals surface area contributed by atoms with Crippen LogP contribution in [-0.2, 0) is 0 Å². The number of nitrogens with one attached hydrogen (secondary N) is 1. The van der Waals surface area contributed by atoms with Crippen molar-refractivity contribution < 1.29 is 10.0 Å². The smallest absolute Gasteiger partial charge is 0.253 e. The van der Waals surface area contributed by atoms with Gasteiger partial charge in [0.1, 0.15) is 0 Å². The molecule has 0 saturated heterocycles. The van der Waals surface area contributed by atoms with Gasteiger partial charge in [-0.05, 0) is 24.5 Å².